The monoisotopic (exact) mass is 181 g/mol. The molecule has 0 N–H and O–H groups in total. The Morgan fingerprint density at radius 2 is 1.93 bits per heavy atom. The first kappa shape index (κ1) is 7.38. The lowest BCUT2D eigenvalue weighted by atomic mass is 10.2. The molecule has 3 aromatic heterocycles. The summed E-state index contributed by atoms with van der Waals surface area (Å²) < 4.78 is 0. The molecule has 0 atom stereocenters. The van der Waals surface area contributed by atoms with Crippen molar-refractivity contribution in [2.45, 2.75) is 0 Å². The quantitative estimate of drug-likeness (QED) is 0.533. The molecule has 0 aromatic carbocycles. The second-order valence-corrected chi connectivity index (χ2v) is 3.10. The predicted octanol–water partition coefficient (Wildman–Crippen LogP) is 2.18. The minimum atomic E-state index is 0.899. The summed E-state index contributed by atoms with van der Waals surface area (Å²) in [5.41, 5.74) is 1.81. The minimum absolute atomic E-state index is 0.899. The van der Waals surface area contributed by atoms with E-state index in [1.54, 1.807) is 12.4 Å². The van der Waals surface area contributed by atoms with Crippen molar-refractivity contribution in [3.63, 3.8) is 0 Å². The Morgan fingerprint density at radius 1 is 0.929 bits per heavy atom. The van der Waals surface area contributed by atoms with E-state index in [9.17, 15) is 0 Å². The van der Waals surface area contributed by atoms with Gasteiger partial charge in [-0.05, 0) is 12.1 Å². The Morgan fingerprint density at radius 3 is 2.93 bits per heavy atom. The normalized spacial score (nSPS) is 10.9. The van der Waals surface area contributed by atoms with Crippen LogP contribution >= 0.6 is 0 Å². The van der Waals surface area contributed by atoms with Crippen LogP contribution in [0.4, 0.5) is 0 Å². The van der Waals surface area contributed by atoms with E-state index in [-0.39, 0.29) is 0 Å². The molecule has 3 heterocycles. The number of nitrogens with zero attached hydrogens (tertiary/aromatic N) is 3. The van der Waals surface area contributed by atoms with E-state index in [1.807, 2.05) is 30.6 Å². The van der Waals surface area contributed by atoms with Crippen molar-refractivity contribution in [3.8, 4) is 0 Å². The van der Waals surface area contributed by atoms with Gasteiger partial charge in [0.15, 0.2) is 0 Å². The van der Waals surface area contributed by atoms with Gasteiger partial charge >= 0.3 is 0 Å². The van der Waals surface area contributed by atoms with Gasteiger partial charge in [0.1, 0.15) is 0 Å². The standard InChI is InChI=1S/C11H7N3/c1-2-4-13-11-9-7-12-5-8(9)6-14-10(11)3-1/h1-7H. The van der Waals surface area contributed by atoms with Crippen LogP contribution in [0.15, 0.2) is 43.0 Å². The summed E-state index contributed by atoms with van der Waals surface area (Å²) in [7, 11) is 0. The van der Waals surface area contributed by atoms with E-state index in [0.717, 1.165) is 21.8 Å². The van der Waals surface area contributed by atoms with Gasteiger partial charge in [0.2, 0.25) is 0 Å². The van der Waals surface area contributed by atoms with Gasteiger partial charge in [-0.3, -0.25) is 15.0 Å². The van der Waals surface area contributed by atoms with Crippen LogP contribution in [0.2, 0.25) is 0 Å². The van der Waals surface area contributed by atoms with Crippen molar-refractivity contribution < 1.29 is 0 Å². The first-order valence-electron chi connectivity index (χ1n) is 4.38. The molecule has 3 nitrogen and oxygen atoms in total. The highest BCUT2D eigenvalue weighted by molar-refractivity contribution is 6.02. The number of rotatable bonds is 0. The Labute approximate surface area is 80.5 Å². The summed E-state index contributed by atoms with van der Waals surface area (Å²) in [6, 6.07) is 5.78. The van der Waals surface area contributed by atoms with Gasteiger partial charge in [0, 0.05) is 35.6 Å². The van der Waals surface area contributed by atoms with Gasteiger partial charge in [0.05, 0.1) is 11.0 Å². The van der Waals surface area contributed by atoms with Crippen molar-refractivity contribution in [2.75, 3.05) is 0 Å². The Bertz CT molecular complexity index is 604. The van der Waals surface area contributed by atoms with Gasteiger partial charge in [-0.15, -0.1) is 0 Å². The number of fused-ring (bicyclic) bond motifs is 3. The van der Waals surface area contributed by atoms with Crippen LogP contribution in [0, 0.1) is 0 Å². The molecule has 0 aliphatic carbocycles. The van der Waals surface area contributed by atoms with Crippen LogP contribution in [-0.4, -0.2) is 15.0 Å². The molecule has 0 radical (unpaired) electrons. The van der Waals surface area contributed by atoms with Gasteiger partial charge in [0.25, 0.3) is 0 Å². The molecule has 0 saturated heterocycles. The molecule has 3 heteroatoms. The average molecular weight is 181 g/mol. The molecule has 0 unspecified atom stereocenters. The van der Waals surface area contributed by atoms with E-state index >= 15 is 0 Å². The second kappa shape index (κ2) is 2.73. The van der Waals surface area contributed by atoms with Crippen LogP contribution in [0.3, 0.4) is 0 Å². The van der Waals surface area contributed by atoms with Crippen LogP contribution in [-0.2, 0) is 0 Å². The molecule has 0 fully saturated rings. The van der Waals surface area contributed by atoms with Crippen molar-refractivity contribution in [3.05, 3.63) is 43.0 Å². The molecule has 0 bridgehead atoms. The zero-order valence-corrected chi connectivity index (χ0v) is 7.38. The SMILES string of the molecule is c1ccc2ncc3cncc3c2nc1. The molecule has 14 heavy (non-hydrogen) atoms. The van der Waals surface area contributed by atoms with Crippen molar-refractivity contribution >= 4 is 21.8 Å². The smallest absolute Gasteiger partial charge is 0.0980 e. The Balaban J connectivity index is 2.64. The molecule has 0 saturated carbocycles. The first-order chi connectivity index (χ1) is 6.95. The lowest BCUT2D eigenvalue weighted by Gasteiger charge is -1.92. The fraction of sp³-hybridized carbons (Fsp3) is 0. The first-order valence-corrected chi connectivity index (χ1v) is 4.38. The average Bonchev–Trinajstić information content (AvgIpc) is 2.55. The molecule has 0 aliphatic heterocycles. The third kappa shape index (κ3) is 0.956. The van der Waals surface area contributed by atoms with E-state index in [2.05, 4.69) is 15.0 Å². The highest BCUT2D eigenvalue weighted by atomic mass is 14.8. The van der Waals surface area contributed by atoms with Crippen LogP contribution in [0.5, 0.6) is 0 Å². The molecule has 3 aromatic rings. The maximum atomic E-state index is 4.34. The van der Waals surface area contributed by atoms with Gasteiger partial charge in [-0.2, -0.15) is 0 Å². The molecular weight excluding hydrogens is 174 g/mol. The highest BCUT2D eigenvalue weighted by Crippen LogP contribution is 2.19. The maximum absolute atomic E-state index is 4.34. The molecule has 0 amide bonds. The van der Waals surface area contributed by atoms with E-state index in [1.165, 1.54) is 0 Å². The van der Waals surface area contributed by atoms with Crippen LogP contribution in [0.25, 0.3) is 21.8 Å². The van der Waals surface area contributed by atoms with E-state index in [4.69, 9.17) is 0 Å². The maximum Gasteiger partial charge on any atom is 0.0980 e. The lowest BCUT2D eigenvalue weighted by molar-refractivity contribution is 1.41. The highest BCUT2D eigenvalue weighted by Gasteiger charge is 2.01. The molecule has 0 spiro atoms. The van der Waals surface area contributed by atoms with Crippen molar-refractivity contribution in [1.82, 2.24) is 15.0 Å². The number of hydrogen-bond acceptors (Lipinski definition) is 3. The number of pyridine rings is 1. The summed E-state index contributed by atoms with van der Waals surface area (Å²) >= 11 is 0. The summed E-state index contributed by atoms with van der Waals surface area (Å²) in [4.78, 5) is 12.8. The van der Waals surface area contributed by atoms with Gasteiger partial charge in [-0.1, -0.05) is 6.07 Å². The summed E-state index contributed by atoms with van der Waals surface area (Å²) in [5, 5.41) is 2.10. The largest absolute Gasteiger partial charge is 0.263 e. The lowest BCUT2D eigenvalue weighted by Crippen LogP contribution is -1.77. The summed E-state index contributed by atoms with van der Waals surface area (Å²) in [5.74, 6) is 0. The van der Waals surface area contributed by atoms with Crippen molar-refractivity contribution in [1.29, 1.82) is 0 Å². The third-order valence-electron chi connectivity index (χ3n) is 2.22. The zero-order valence-electron chi connectivity index (χ0n) is 7.38. The summed E-state index contributed by atoms with van der Waals surface area (Å²) in [6.45, 7) is 0. The predicted molar refractivity (Wildman–Crippen MR) is 54.8 cm³/mol. The van der Waals surface area contributed by atoms with Gasteiger partial charge < -0.3 is 0 Å². The van der Waals surface area contributed by atoms with Crippen LogP contribution < -0.4 is 0 Å². The minimum Gasteiger partial charge on any atom is -0.263 e. The number of aromatic nitrogens is 3. The zero-order chi connectivity index (χ0) is 9.38. The molecular formula is C11H7N3. The van der Waals surface area contributed by atoms with Gasteiger partial charge in [-0.25, -0.2) is 0 Å². The molecule has 0 aliphatic rings. The summed E-state index contributed by atoms with van der Waals surface area (Å²) in [6.07, 6.45) is 7.23. The second-order valence-electron chi connectivity index (χ2n) is 3.10. The fourth-order valence-electron chi connectivity index (χ4n) is 1.55. The third-order valence-corrected chi connectivity index (χ3v) is 2.22. The Hall–Kier alpha value is -2.03. The molecule has 3 rings (SSSR count). The molecule has 66 valence electrons. The topological polar surface area (TPSA) is 38.7 Å². The Kier molecular flexibility index (Phi) is 1.44. The van der Waals surface area contributed by atoms with Crippen LogP contribution in [0.1, 0.15) is 0 Å². The fourth-order valence-corrected chi connectivity index (χ4v) is 1.55. The van der Waals surface area contributed by atoms with E-state index < -0.39 is 0 Å². The van der Waals surface area contributed by atoms with E-state index in [0.29, 0.717) is 0 Å². The number of hydrogen-bond donors (Lipinski definition) is 0. The van der Waals surface area contributed by atoms with Crippen molar-refractivity contribution in [2.24, 2.45) is 0 Å².